The molecule has 7 heteroatoms. The molecule has 1 aliphatic heterocycles. The SMILES string of the molecule is COCCN(CCC(=O)N1CCOCC1)C(=O)c1cc(C)oc1C. The largest absolute Gasteiger partial charge is 0.466 e. The zero-order valence-corrected chi connectivity index (χ0v) is 14.7. The molecule has 2 rings (SSSR count). The monoisotopic (exact) mass is 338 g/mol. The number of furan rings is 1. The van der Waals surface area contributed by atoms with Gasteiger partial charge in [-0.25, -0.2) is 0 Å². The molecule has 2 heterocycles. The first kappa shape index (κ1) is 18.5. The number of hydrogen-bond donors (Lipinski definition) is 0. The number of ether oxygens (including phenoxy) is 2. The highest BCUT2D eigenvalue weighted by atomic mass is 16.5. The van der Waals surface area contributed by atoms with E-state index in [0.29, 0.717) is 69.5 Å². The van der Waals surface area contributed by atoms with E-state index in [9.17, 15) is 9.59 Å². The fourth-order valence-corrected chi connectivity index (χ4v) is 2.73. The Kier molecular flexibility index (Phi) is 6.81. The molecule has 2 amide bonds. The van der Waals surface area contributed by atoms with Crippen LogP contribution in [0.1, 0.15) is 28.3 Å². The molecule has 0 aromatic carbocycles. The maximum atomic E-state index is 12.7. The molecule has 0 saturated carbocycles. The van der Waals surface area contributed by atoms with Crippen LogP contribution in [0.25, 0.3) is 0 Å². The van der Waals surface area contributed by atoms with Crippen LogP contribution < -0.4 is 0 Å². The second kappa shape index (κ2) is 8.84. The molecular weight excluding hydrogens is 312 g/mol. The minimum atomic E-state index is -0.129. The van der Waals surface area contributed by atoms with Gasteiger partial charge < -0.3 is 23.7 Å². The Hall–Kier alpha value is -1.86. The highest BCUT2D eigenvalue weighted by molar-refractivity contribution is 5.95. The van der Waals surface area contributed by atoms with E-state index in [0.717, 1.165) is 0 Å². The quantitative estimate of drug-likeness (QED) is 0.748. The zero-order valence-electron chi connectivity index (χ0n) is 14.7. The Morgan fingerprint density at radius 1 is 1.25 bits per heavy atom. The Morgan fingerprint density at radius 3 is 2.54 bits per heavy atom. The van der Waals surface area contributed by atoms with Gasteiger partial charge in [0.2, 0.25) is 5.91 Å². The molecule has 1 aliphatic rings. The molecule has 1 fully saturated rings. The van der Waals surface area contributed by atoms with Gasteiger partial charge in [0.25, 0.3) is 5.91 Å². The summed E-state index contributed by atoms with van der Waals surface area (Å²) >= 11 is 0. The van der Waals surface area contributed by atoms with Crippen molar-refractivity contribution in [3.05, 3.63) is 23.2 Å². The minimum Gasteiger partial charge on any atom is -0.466 e. The summed E-state index contributed by atoms with van der Waals surface area (Å²) in [6, 6.07) is 1.74. The minimum absolute atomic E-state index is 0.0496. The molecule has 1 saturated heterocycles. The van der Waals surface area contributed by atoms with Gasteiger partial charge in [-0.05, 0) is 19.9 Å². The van der Waals surface area contributed by atoms with E-state index in [1.165, 1.54) is 0 Å². The number of rotatable bonds is 7. The van der Waals surface area contributed by atoms with Crippen LogP contribution in [0.3, 0.4) is 0 Å². The summed E-state index contributed by atoms with van der Waals surface area (Å²) in [6.07, 6.45) is 0.297. The van der Waals surface area contributed by atoms with Gasteiger partial charge in [-0.2, -0.15) is 0 Å². The third-order valence-electron chi connectivity index (χ3n) is 4.08. The van der Waals surface area contributed by atoms with Gasteiger partial charge in [-0.3, -0.25) is 9.59 Å². The van der Waals surface area contributed by atoms with Crippen molar-refractivity contribution in [2.75, 3.05) is 53.1 Å². The van der Waals surface area contributed by atoms with E-state index in [4.69, 9.17) is 13.9 Å². The van der Waals surface area contributed by atoms with Crippen LogP contribution in [0.4, 0.5) is 0 Å². The average Bonchev–Trinajstić information content (AvgIpc) is 2.93. The van der Waals surface area contributed by atoms with Crippen molar-refractivity contribution in [1.82, 2.24) is 9.80 Å². The topological polar surface area (TPSA) is 72.2 Å². The van der Waals surface area contributed by atoms with Gasteiger partial charge in [-0.1, -0.05) is 0 Å². The van der Waals surface area contributed by atoms with E-state index in [1.54, 1.807) is 29.9 Å². The summed E-state index contributed by atoms with van der Waals surface area (Å²) in [6.45, 7) is 7.19. The molecule has 0 aliphatic carbocycles. The molecule has 0 N–H and O–H groups in total. The van der Waals surface area contributed by atoms with Crippen LogP contribution in [0.2, 0.25) is 0 Å². The molecule has 1 aromatic rings. The van der Waals surface area contributed by atoms with Crippen molar-refractivity contribution in [2.45, 2.75) is 20.3 Å². The Bertz CT molecular complexity index is 563. The van der Waals surface area contributed by atoms with Gasteiger partial charge >= 0.3 is 0 Å². The van der Waals surface area contributed by atoms with Crippen LogP contribution in [0.5, 0.6) is 0 Å². The third-order valence-corrected chi connectivity index (χ3v) is 4.08. The van der Waals surface area contributed by atoms with Crippen LogP contribution in [0, 0.1) is 13.8 Å². The third kappa shape index (κ3) is 4.82. The van der Waals surface area contributed by atoms with Crippen molar-refractivity contribution < 1.29 is 23.5 Å². The molecule has 0 radical (unpaired) electrons. The summed E-state index contributed by atoms with van der Waals surface area (Å²) in [5, 5.41) is 0. The predicted molar refractivity (Wildman–Crippen MR) is 88.0 cm³/mol. The molecule has 0 unspecified atom stereocenters. The summed E-state index contributed by atoms with van der Waals surface area (Å²) in [4.78, 5) is 28.5. The Labute approximate surface area is 142 Å². The maximum absolute atomic E-state index is 12.7. The van der Waals surface area contributed by atoms with E-state index in [1.807, 2.05) is 6.92 Å². The Balaban J connectivity index is 1.98. The maximum Gasteiger partial charge on any atom is 0.257 e. The fraction of sp³-hybridized carbons (Fsp3) is 0.647. The number of aryl methyl sites for hydroxylation is 2. The summed E-state index contributed by atoms with van der Waals surface area (Å²) in [7, 11) is 1.59. The fourth-order valence-electron chi connectivity index (χ4n) is 2.73. The van der Waals surface area contributed by atoms with Gasteiger partial charge in [0.15, 0.2) is 0 Å². The molecule has 0 spiro atoms. The molecular formula is C17H26N2O5. The van der Waals surface area contributed by atoms with Crippen molar-refractivity contribution in [3.8, 4) is 0 Å². The molecule has 7 nitrogen and oxygen atoms in total. The predicted octanol–water partition coefficient (Wildman–Crippen LogP) is 1.23. The number of hydrogen-bond acceptors (Lipinski definition) is 5. The number of amides is 2. The zero-order chi connectivity index (χ0) is 17.5. The van der Waals surface area contributed by atoms with Crippen LogP contribution >= 0.6 is 0 Å². The van der Waals surface area contributed by atoms with Crippen LogP contribution in [-0.4, -0.2) is 74.7 Å². The second-order valence-corrected chi connectivity index (χ2v) is 5.86. The van der Waals surface area contributed by atoms with Gasteiger partial charge in [0.1, 0.15) is 11.5 Å². The normalized spacial score (nSPS) is 14.7. The van der Waals surface area contributed by atoms with Crippen molar-refractivity contribution in [3.63, 3.8) is 0 Å². The number of carbonyl (C=O) groups is 2. The number of nitrogens with zero attached hydrogens (tertiary/aromatic N) is 2. The average molecular weight is 338 g/mol. The molecule has 134 valence electrons. The van der Waals surface area contributed by atoms with Gasteiger partial charge in [0.05, 0.1) is 25.4 Å². The smallest absolute Gasteiger partial charge is 0.257 e. The molecule has 0 bridgehead atoms. The number of methoxy groups -OCH3 is 1. The van der Waals surface area contributed by atoms with Gasteiger partial charge in [0, 0.05) is 39.7 Å². The van der Waals surface area contributed by atoms with Crippen LogP contribution in [0.15, 0.2) is 10.5 Å². The first-order valence-corrected chi connectivity index (χ1v) is 8.23. The first-order valence-electron chi connectivity index (χ1n) is 8.23. The highest BCUT2D eigenvalue weighted by Crippen LogP contribution is 2.16. The first-order chi connectivity index (χ1) is 11.5. The van der Waals surface area contributed by atoms with Gasteiger partial charge in [-0.15, -0.1) is 0 Å². The lowest BCUT2D eigenvalue weighted by Crippen LogP contribution is -2.43. The summed E-state index contributed by atoms with van der Waals surface area (Å²) in [5.41, 5.74) is 0.544. The van der Waals surface area contributed by atoms with Crippen LogP contribution in [-0.2, 0) is 14.3 Å². The van der Waals surface area contributed by atoms with Crippen molar-refractivity contribution >= 4 is 11.8 Å². The lowest BCUT2D eigenvalue weighted by Gasteiger charge is -2.28. The molecule has 24 heavy (non-hydrogen) atoms. The van der Waals surface area contributed by atoms with Crippen molar-refractivity contribution in [2.24, 2.45) is 0 Å². The molecule has 1 aromatic heterocycles. The van der Waals surface area contributed by atoms with Crippen molar-refractivity contribution in [1.29, 1.82) is 0 Å². The van der Waals surface area contributed by atoms with E-state index < -0.39 is 0 Å². The summed E-state index contributed by atoms with van der Waals surface area (Å²) in [5.74, 6) is 1.22. The van der Waals surface area contributed by atoms with E-state index >= 15 is 0 Å². The second-order valence-electron chi connectivity index (χ2n) is 5.86. The number of carbonyl (C=O) groups excluding carboxylic acids is 2. The number of morpholine rings is 1. The van der Waals surface area contributed by atoms with E-state index in [-0.39, 0.29) is 11.8 Å². The lowest BCUT2D eigenvalue weighted by molar-refractivity contribution is -0.135. The highest BCUT2D eigenvalue weighted by Gasteiger charge is 2.23. The molecule has 0 atom stereocenters. The standard InChI is InChI=1S/C17H26N2O5/c1-13-12-15(14(2)24-13)17(21)19(6-9-22-3)5-4-16(20)18-7-10-23-11-8-18/h12H,4-11H2,1-3H3. The van der Waals surface area contributed by atoms with E-state index in [2.05, 4.69) is 0 Å². The lowest BCUT2D eigenvalue weighted by atomic mass is 10.2. The summed E-state index contributed by atoms with van der Waals surface area (Å²) < 4.78 is 15.8. The Morgan fingerprint density at radius 2 is 1.96 bits per heavy atom.